The van der Waals surface area contributed by atoms with E-state index in [4.69, 9.17) is 11.6 Å². The zero-order valence-corrected chi connectivity index (χ0v) is 15.4. The van der Waals surface area contributed by atoms with Crippen molar-refractivity contribution in [3.63, 3.8) is 0 Å². The molecule has 3 amide bonds. The number of imide groups is 1. The number of rotatable bonds is 5. The monoisotopic (exact) mass is 370 g/mol. The van der Waals surface area contributed by atoms with E-state index in [0.717, 1.165) is 18.4 Å². The van der Waals surface area contributed by atoms with Crippen molar-refractivity contribution in [1.29, 1.82) is 0 Å². The van der Waals surface area contributed by atoms with Crippen LogP contribution in [-0.4, -0.2) is 29.2 Å². The Kier molecular flexibility index (Phi) is 5.09. The number of halogens is 1. The summed E-state index contributed by atoms with van der Waals surface area (Å²) in [4.78, 5) is 38.7. The van der Waals surface area contributed by atoms with E-state index in [1.165, 1.54) is 11.0 Å². The van der Waals surface area contributed by atoms with Gasteiger partial charge in [0.2, 0.25) is 0 Å². The van der Waals surface area contributed by atoms with Crippen molar-refractivity contribution in [2.45, 2.75) is 26.7 Å². The topological polar surface area (TPSA) is 66.5 Å². The Morgan fingerprint density at radius 2 is 1.85 bits per heavy atom. The van der Waals surface area contributed by atoms with E-state index in [1.54, 1.807) is 30.3 Å². The molecule has 1 N–H and O–H groups in total. The fourth-order valence-corrected chi connectivity index (χ4v) is 3.06. The first-order chi connectivity index (χ1) is 12.4. The number of fused-ring (bicyclic) bond motifs is 1. The second-order valence-corrected chi connectivity index (χ2v) is 6.65. The Labute approximate surface area is 156 Å². The second-order valence-electron chi connectivity index (χ2n) is 6.24. The summed E-state index contributed by atoms with van der Waals surface area (Å²) in [7, 11) is 0. The number of hydrogen-bond acceptors (Lipinski definition) is 3. The normalized spacial score (nSPS) is 13.1. The SMILES string of the molecule is CCCCN1C(=O)c2ccc(C(=O)Nc3cccc(Cl)c3C)cc2C1=O. The molecule has 5 nitrogen and oxygen atoms in total. The van der Waals surface area contributed by atoms with Crippen LogP contribution in [0.2, 0.25) is 5.02 Å². The maximum Gasteiger partial charge on any atom is 0.261 e. The van der Waals surface area contributed by atoms with Gasteiger partial charge in [0.1, 0.15) is 0 Å². The van der Waals surface area contributed by atoms with Gasteiger partial charge in [-0.25, -0.2) is 0 Å². The van der Waals surface area contributed by atoms with Crippen molar-refractivity contribution in [2.24, 2.45) is 0 Å². The zero-order valence-electron chi connectivity index (χ0n) is 14.6. The van der Waals surface area contributed by atoms with E-state index in [2.05, 4.69) is 5.32 Å². The largest absolute Gasteiger partial charge is 0.322 e. The first-order valence-corrected chi connectivity index (χ1v) is 8.88. The maximum absolute atomic E-state index is 12.6. The summed E-state index contributed by atoms with van der Waals surface area (Å²) >= 11 is 6.07. The minimum atomic E-state index is -0.356. The lowest BCUT2D eigenvalue weighted by molar-refractivity contribution is 0.0652. The van der Waals surface area contributed by atoms with Gasteiger partial charge in [0.05, 0.1) is 11.1 Å². The Morgan fingerprint density at radius 3 is 2.58 bits per heavy atom. The van der Waals surface area contributed by atoms with E-state index in [1.807, 2.05) is 13.8 Å². The Hall–Kier alpha value is -2.66. The van der Waals surface area contributed by atoms with E-state index >= 15 is 0 Å². The molecule has 1 heterocycles. The third-order valence-corrected chi connectivity index (χ3v) is 4.89. The predicted octanol–water partition coefficient (Wildman–Crippen LogP) is 4.30. The van der Waals surface area contributed by atoms with Gasteiger partial charge in [-0.2, -0.15) is 0 Å². The van der Waals surface area contributed by atoms with Crippen molar-refractivity contribution in [3.8, 4) is 0 Å². The quantitative estimate of drug-likeness (QED) is 0.798. The standard InChI is InChI=1S/C20H19ClN2O3/c1-3-4-10-23-19(25)14-9-8-13(11-15(14)20(23)26)18(24)22-17-7-5-6-16(21)12(17)2/h5-9,11H,3-4,10H2,1-2H3,(H,22,24). The highest BCUT2D eigenvalue weighted by molar-refractivity contribution is 6.31. The second kappa shape index (κ2) is 7.30. The average molecular weight is 371 g/mol. The lowest BCUT2D eigenvalue weighted by Gasteiger charge is -2.12. The average Bonchev–Trinajstić information content (AvgIpc) is 2.87. The van der Waals surface area contributed by atoms with E-state index in [9.17, 15) is 14.4 Å². The van der Waals surface area contributed by atoms with Crippen LogP contribution in [0.1, 0.15) is 56.4 Å². The molecular weight excluding hydrogens is 352 g/mol. The van der Waals surface area contributed by atoms with Crippen LogP contribution >= 0.6 is 11.6 Å². The highest BCUT2D eigenvalue weighted by atomic mass is 35.5. The van der Waals surface area contributed by atoms with Gasteiger partial charge in [-0.05, 0) is 49.2 Å². The fraction of sp³-hybridized carbons (Fsp3) is 0.250. The van der Waals surface area contributed by atoms with Gasteiger partial charge in [-0.3, -0.25) is 19.3 Å². The summed E-state index contributed by atoms with van der Waals surface area (Å²) in [5.74, 6) is -0.992. The molecule has 0 aromatic heterocycles. The van der Waals surface area contributed by atoms with Crippen molar-refractivity contribution in [1.82, 2.24) is 4.90 Å². The van der Waals surface area contributed by atoms with Gasteiger partial charge < -0.3 is 5.32 Å². The van der Waals surface area contributed by atoms with Crippen molar-refractivity contribution >= 4 is 35.0 Å². The Balaban J connectivity index is 1.85. The molecule has 0 unspecified atom stereocenters. The van der Waals surface area contributed by atoms with Gasteiger partial charge in [0, 0.05) is 22.8 Å². The van der Waals surface area contributed by atoms with E-state index < -0.39 is 0 Å². The van der Waals surface area contributed by atoms with Gasteiger partial charge in [0.15, 0.2) is 0 Å². The zero-order chi connectivity index (χ0) is 18.8. The van der Waals surface area contributed by atoms with Crippen molar-refractivity contribution < 1.29 is 14.4 Å². The van der Waals surface area contributed by atoms with Crippen LogP contribution in [0.15, 0.2) is 36.4 Å². The van der Waals surface area contributed by atoms with E-state index in [-0.39, 0.29) is 23.3 Å². The summed E-state index contributed by atoms with van der Waals surface area (Å²) in [6, 6.07) is 9.84. The molecule has 0 fully saturated rings. The molecule has 3 rings (SSSR count). The first kappa shape index (κ1) is 18.1. The third kappa shape index (κ3) is 3.22. The number of carbonyl (C=O) groups excluding carboxylic acids is 3. The highest BCUT2D eigenvalue weighted by Gasteiger charge is 2.35. The lowest BCUT2D eigenvalue weighted by atomic mass is 10.0. The third-order valence-electron chi connectivity index (χ3n) is 4.48. The molecule has 0 spiro atoms. The molecule has 1 aliphatic heterocycles. The summed E-state index contributed by atoms with van der Waals surface area (Å²) in [5.41, 5.74) is 2.32. The van der Waals surface area contributed by atoms with Crippen molar-refractivity contribution in [2.75, 3.05) is 11.9 Å². The van der Waals surface area contributed by atoms with Gasteiger partial charge in [-0.15, -0.1) is 0 Å². The molecule has 0 bridgehead atoms. The molecular formula is C20H19ClN2O3. The van der Waals surface area contributed by atoms with Gasteiger partial charge in [0.25, 0.3) is 17.7 Å². The molecule has 0 saturated carbocycles. The number of anilines is 1. The molecule has 1 aliphatic rings. The highest BCUT2D eigenvalue weighted by Crippen LogP contribution is 2.26. The number of nitrogens with one attached hydrogen (secondary N) is 1. The molecule has 26 heavy (non-hydrogen) atoms. The lowest BCUT2D eigenvalue weighted by Crippen LogP contribution is -2.30. The minimum absolute atomic E-state index is 0.279. The molecule has 6 heteroatoms. The number of nitrogens with zero attached hydrogens (tertiary/aromatic N) is 1. The van der Waals surface area contributed by atoms with Gasteiger partial charge >= 0.3 is 0 Å². The van der Waals surface area contributed by atoms with Crippen LogP contribution in [0, 0.1) is 6.92 Å². The predicted molar refractivity (Wildman–Crippen MR) is 101 cm³/mol. The summed E-state index contributed by atoms with van der Waals surface area (Å²) in [6.45, 7) is 4.21. The number of hydrogen-bond donors (Lipinski definition) is 1. The van der Waals surface area contributed by atoms with E-state index in [0.29, 0.717) is 28.4 Å². The van der Waals surface area contributed by atoms with Crippen LogP contribution in [0.25, 0.3) is 0 Å². The van der Waals surface area contributed by atoms with Gasteiger partial charge in [-0.1, -0.05) is 31.0 Å². The smallest absolute Gasteiger partial charge is 0.261 e. The van der Waals surface area contributed by atoms with Crippen LogP contribution in [0.5, 0.6) is 0 Å². The van der Waals surface area contributed by atoms with Crippen LogP contribution < -0.4 is 5.32 Å². The molecule has 2 aromatic rings. The minimum Gasteiger partial charge on any atom is -0.322 e. The summed E-state index contributed by atoms with van der Waals surface area (Å²) < 4.78 is 0. The molecule has 134 valence electrons. The Bertz CT molecular complexity index is 908. The molecule has 0 radical (unpaired) electrons. The van der Waals surface area contributed by atoms with Crippen LogP contribution in [0.4, 0.5) is 5.69 Å². The number of amides is 3. The maximum atomic E-state index is 12.6. The summed E-state index contributed by atoms with van der Waals surface area (Å²) in [6.07, 6.45) is 1.65. The molecule has 0 aliphatic carbocycles. The molecule has 2 aromatic carbocycles. The molecule has 0 atom stereocenters. The number of unbranched alkanes of at least 4 members (excludes halogenated alkanes) is 1. The Morgan fingerprint density at radius 1 is 1.12 bits per heavy atom. The first-order valence-electron chi connectivity index (χ1n) is 8.50. The number of carbonyl (C=O) groups is 3. The summed E-state index contributed by atoms with van der Waals surface area (Å²) in [5, 5.41) is 3.36. The van der Waals surface area contributed by atoms with Crippen LogP contribution in [0.3, 0.4) is 0 Å². The van der Waals surface area contributed by atoms with Crippen LogP contribution in [-0.2, 0) is 0 Å². The number of benzene rings is 2. The van der Waals surface area contributed by atoms with Crippen molar-refractivity contribution in [3.05, 3.63) is 63.7 Å². The fourth-order valence-electron chi connectivity index (χ4n) is 2.89. The molecule has 0 saturated heterocycles.